The molecule has 168 valence electrons. The summed E-state index contributed by atoms with van der Waals surface area (Å²) in [5.41, 5.74) is 3.00. The van der Waals surface area contributed by atoms with Gasteiger partial charge in [-0.05, 0) is 93.2 Å². The molecule has 0 heterocycles. The number of halogens is 2. The topological polar surface area (TPSA) is 9.23 Å². The lowest BCUT2D eigenvalue weighted by atomic mass is 9.70. The minimum Gasteiger partial charge on any atom is -0.435 e. The van der Waals surface area contributed by atoms with Gasteiger partial charge in [-0.25, -0.2) is 0 Å². The fourth-order valence-corrected chi connectivity index (χ4v) is 5.54. The highest BCUT2D eigenvalue weighted by Gasteiger charge is 2.29. The molecule has 1 saturated carbocycles. The maximum atomic E-state index is 12.3. The van der Waals surface area contributed by atoms with Crippen LogP contribution >= 0.6 is 0 Å². The first-order valence-electron chi connectivity index (χ1n) is 12.4. The Morgan fingerprint density at radius 2 is 1.57 bits per heavy atom. The molecule has 1 nitrogen and oxygen atoms in total. The van der Waals surface area contributed by atoms with E-state index in [1.165, 1.54) is 95.5 Å². The first-order chi connectivity index (χ1) is 14.7. The SMILES string of the molecule is CCCCCCCCC1=CCC(C2CCC(c3ccc(OC(F)F)cc3)CC2)CC1. The Balaban J connectivity index is 1.36. The van der Waals surface area contributed by atoms with Crippen molar-refractivity contribution in [2.45, 2.75) is 109 Å². The molecule has 30 heavy (non-hydrogen) atoms. The molecular formula is C27H40F2O. The van der Waals surface area contributed by atoms with E-state index >= 15 is 0 Å². The van der Waals surface area contributed by atoms with Gasteiger partial charge in [0, 0.05) is 0 Å². The summed E-state index contributed by atoms with van der Waals surface area (Å²) in [5.74, 6) is 2.58. The van der Waals surface area contributed by atoms with Gasteiger partial charge in [-0.3, -0.25) is 0 Å². The monoisotopic (exact) mass is 418 g/mol. The third-order valence-electron chi connectivity index (χ3n) is 7.41. The largest absolute Gasteiger partial charge is 0.435 e. The van der Waals surface area contributed by atoms with E-state index in [4.69, 9.17) is 0 Å². The molecule has 0 spiro atoms. The molecule has 0 N–H and O–H groups in total. The van der Waals surface area contributed by atoms with Crippen molar-refractivity contribution in [2.24, 2.45) is 11.8 Å². The second-order valence-electron chi connectivity index (χ2n) is 9.47. The average Bonchev–Trinajstić information content (AvgIpc) is 2.77. The maximum Gasteiger partial charge on any atom is 0.387 e. The van der Waals surface area contributed by atoms with Crippen LogP contribution in [-0.2, 0) is 0 Å². The standard InChI is InChI=1S/C27H40F2O/c1-2-3-4-5-6-7-8-21-9-11-22(12-10-21)23-13-15-24(16-14-23)25-17-19-26(20-18-25)30-27(28)29/h9,17-20,22-24,27H,2-8,10-16H2,1H3. The van der Waals surface area contributed by atoms with E-state index in [2.05, 4.69) is 17.7 Å². The molecule has 1 atom stereocenters. The van der Waals surface area contributed by atoms with Crippen molar-refractivity contribution < 1.29 is 13.5 Å². The van der Waals surface area contributed by atoms with Gasteiger partial charge in [0.05, 0.1) is 0 Å². The van der Waals surface area contributed by atoms with Gasteiger partial charge in [0.2, 0.25) is 0 Å². The Hall–Kier alpha value is -1.38. The van der Waals surface area contributed by atoms with Crippen molar-refractivity contribution in [2.75, 3.05) is 0 Å². The van der Waals surface area contributed by atoms with E-state index in [9.17, 15) is 8.78 Å². The van der Waals surface area contributed by atoms with Crippen LogP contribution in [0, 0.1) is 11.8 Å². The smallest absolute Gasteiger partial charge is 0.387 e. The Bertz CT molecular complexity index is 629. The summed E-state index contributed by atoms with van der Waals surface area (Å²) >= 11 is 0. The molecule has 1 aromatic carbocycles. The molecule has 1 fully saturated rings. The summed E-state index contributed by atoms with van der Waals surface area (Å²) in [5, 5.41) is 0. The van der Waals surface area contributed by atoms with Gasteiger partial charge < -0.3 is 4.74 Å². The highest BCUT2D eigenvalue weighted by atomic mass is 19.3. The van der Waals surface area contributed by atoms with Gasteiger partial charge in [-0.1, -0.05) is 62.8 Å². The summed E-state index contributed by atoms with van der Waals surface area (Å²) in [7, 11) is 0. The summed E-state index contributed by atoms with van der Waals surface area (Å²) in [6.07, 6.45) is 21.3. The van der Waals surface area contributed by atoms with E-state index in [0.717, 1.165) is 11.8 Å². The van der Waals surface area contributed by atoms with E-state index in [-0.39, 0.29) is 5.75 Å². The number of benzene rings is 1. The minimum atomic E-state index is -2.75. The first kappa shape index (κ1) is 23.3. The highest BCUT2D eigenvalue weighted by Crippen LogP contribution is 2.43. The Kier molecular flexibility index (Phi) is 9.68. The van der Waals surface area contributed by atoms with E-state index in [1.54, 1.807) is 17.7 Å². The van der Waals surface area contributed by atoms with Crippen LogP contribution in [0.5, 0.6) is 5.75 Å². The number of ether oxygens (including phenoxy) is 1. The molecule has 2 aliphatic carbocycles. The molecule has 0 amide bonds. The number of alkyl halides is 2. The third kappa shape index (κ3) is 7.39. The molecule has 3 rings (SSSR count). The van der Waals surface area contributed by atoms with Crippen LogP contribution in [0.1, 0.15) is 108 Å². The third-order valence-corrected chi connectivity index (χ3v) is 7.41. The summed E-state index contributed by atoms with van der Waals surface area (Å²) < 4.78 is 29.1. The fourth-order valence-electron chi connectivity index (χ4n) is 5.54. The fraction of sp³-hybridized carbons (Fsp3) is 0.704. The molecule has 0 aromatic heterocycles. The second kappa shape index (κ2) is 12.5. The number of allylic oxidation sites excluding steroid dienone is 2. The van der Waals surface area contributed by atoms with Crippen LogP contribution in [0.2, 0.25) is 0 Å². The van der Waals surface area contributed by atoms with Crippen molar-refractivity contribution in [3.63, 3.8) is 0 Å². The van der Waals surface area contributed by atoms with Gasteiger partial charge in [0.1, 0.15) is 5.75 Å². The van der Waals surface area contributed by atoms with Gasteiger partial charge in [0.25, 0.3) is 0 Å². The Morgan fingerprint density at radius 1 is 0.867 bits per heavy atom. The predicted octanol–water partition coefficient (Wildman–Crippen LogP) is 9.04. The molecular weight excluding hydrogens is 378 g/mol. The van der Waals surface area contributed by atoms with Crippen LogP contribution in [0.25, 0.3) is 0 Å². The molecule has 0 saturated heterocycles. The lowest BCUT2D eigenvalue weighted by molar-refractivity contribution is -0.0498. The Morgan fingerprint density at radius 3 is 2.20 bits per heavy atom. The van der Waals surface area contributed by atoms with Crippen molar-refractivity contribution >= 4 is 0 Å². The second-order valence-corrected chi connectivity index (χ2v) is 9.47. The normalized spacial score (nSPS) is 24.7. The van der Waals surface area contributed by atoms with Crippen LogP contribution in [0.3, 0.4) is 0 Å². The van der Waals surface area contributed by atoms with E-state index < -0.39 is 6.61 Å². The molecule has 1 aromatic rings. The van der Waals surface area contributed by atoms with Crippen LogP contribution in [0.4, 0.5) is 8.78 Å². The van der Waals surface area contributed by atoms with Crippen LogP contribution in [-0.4, -0.2) is 6.61 Å². The number of hydrogen-bond acceptors (Lipinski definition) is 1. The van der Waals surface area contributed by atoms with Crippen molar-refractivity contribution in [3.8, 4) is 5.75 Å². The molecule has 0 aliphatic heterocycles. The van der Waals surface area contributed by atoms with Crippen molar-refractivity contribution in [3.05, 3.63) is 41.5 Å². The summed E-state index contributed by atoms with van der Waals surface area (Å²) in [6, 6.07) is 7.32. The number of rotatable bonds is 11. The lowest BCUT2D eigenvalue weighted by Crippen LogP contribution is -2.22. The Labute approximate surface area is 182 Å². The van der Waals surface area contributed by atoms with E-state index in [1.807, 2.05) is 12.1 Å². The van der Waals surface area contributed by atoms with Gasteiger partial charge in [0.15, 0.2) is 0 Å². The van der Waals surface area contributed by atoms with Crippen LogP contribution in [0.15, 0.2) is 35.9 Å². The summed E-state index contributed by atoms with van der Waals surface area (Å²) in [6.45, 7) is -0.469. The van der Waals surface area contributed by atoms with E-state index in [0.29, 0.717) is 5.92 Å². The van der Waals surface area contributed by atoms with Crippen molar-refractivity contribution in [1.82, 2.24) is 0 Å². The minimum absolute atomic E-state index is 0.258. The molecule has 2 aliphatic rings. The zero-order valence-electron chi connectivity index (χ0n) is 18.8. The van der Waals surface area contributed by atoms with Crippen molar-refractivity contribution in [1.29, 1.82) is 0 Å². The quantitative estimate of drug-likeness (QED) is 0.257. The zero-order valence-corrected chi connectivity index (χ0v) is 18.8. The van der Waals surface area contributed by atoms with Gasteiger partial charge in [-0.2, -0.15) is 8.78 Å². The first-order valence-corrected chi connectivity index (χ1v) is 12.4. The average molecular weight is 419 g/mol. The molecule has 0 bridgehead atoms. The number of hydrogen-bond donors (Lipinski definition) is 0. The highest BCUT2D eigenvalue weighted by molar-refractivity contribution is 5.29. The zero-order chi connectivity index (χ0) is 21.2. The summed E-state index contributed by atoms with van der Waals surface area (Å²) in [4.78, 5) is 0. The van der Waals surface area contributed by atoms with Gasteiger partial charge in [-0.15, -0.1) is 0 Å². The van der Waals surface area contributed by atoms with Gasteiger partial charge >= 0.3 is 6.61 Å². The number of unbranched alkanes of at least 4 members (excludes halogenated alkanes) is 5. The molecule has 1 unspecified atom stereocenters. The molecule has 3 heteroatoms. The maximum absolute atomic E-state index is 12.3. The molecule has 0 radical (unpaired) electrons. The van der Waals surface area contributed by atoms with Crippen LogP contribution < -0.4 is 4.74 Å². The predicted molar refractivity (Wildman–Crippen MR) is 121 cm³/mol. The lowest BCUT2D eigenvalue weighted by Gasteiger charge is -2.35.